The monoisotopic (exact) mass is 429 g/mol. The molecule has 3 aliphatic carbocycles. The van der Waals surface area contributed by atoms with Crippen molar-refractivity contribution in [2.45, 2.75) is 81.3 Å². The van der Waals surface area contributed by atoms with Gasteiger partial charge in [-0.1, -0.05) is 23.7 Å². The molecule has 5 nitrogen and oxygen atoms in total. The lowest BCUT2D eigenvalue weighted by Gasteiger charge is -2.31. The van der Waals surface area contributed by atoms with Crippen LogP contribution in [0, 0.1) is 5.92 Å². The molecule has 0 bridgehead atoms. The number of carbonyl (C=O) groups is 2. The number of hydrogen-bond acceptors (Lipinski definition) is 3. The Kier molecular flexibility index (Phi) is 5.53. The van der Waals surface area contributed by atoms with Crippen LogP contribution in [0.5, 0.6) is 0 Å². The summed E-state index contributed by atoms with van der Waals surface area (Å²) < 4.78 is 0. The maximum atomic E-state index is 13.1. The van der Waals surface area contributed by atoms with E-state index < -0.39 is 0 Å². The summed E-state index contributed by atoms with van der Waals surface area (Å²) >= 11 is 6.02. The second-order valence-corrected chi connectivity index (χ2v) is 10.3. The lowest BCUT2D eigenvalue weighted by molar-refractivity contribution is -0.124. The van der Waals surface area contributed by atoms with E-state index in [9.17, 15) is 9.59 Å². The van der Waals surface area contributed by atoms with Crippen molar-refractivity contribution in [3.63, 3.8) is 0 Å². The average molecular weight is 430 g/mol. The molecule has 1 aliphatic heterocycles. The normalized spacial score (nSPS) is 27.6. The van der Waals surface area contributed by atoms with Gasteiger partial charge >= 0.3 is 0 Å². The van der Waals surface area contributed by atoms with Crippen LogP contribution in [0.1, 0.15) is 63.4 Å². The van der Waals surface area contributed by atoms with Crippen LogP contribution < -0.4 is 10.6 Å². The molecule has 0 aromatic heterocycles. The molecule has 30 heavy (non-hydrogen) atoms. The van der Waals surface area contributed by atoms with Crippen molar-refractivity contribution in [1.82, 2.24) is 15.5 Å². The van der Waals surface area contributed by atoms with Crippen LogP contribution in [0.3, 0.4) is 0 Å². The number of nitrogens with one attached hydrogen (secondary N) is 2. The third-order valence-corrected chi connectivity index (χ3v) is 7.63. The average Bonchev–Trinajstić information content (AvgIpc) is 3.58. The highest BCUT2D eigenvalue weighted by Crippen LogP contribution is 2.48. The summed E-state index contributed by atoms with van der Waals surface area (Å²) in [5, 5.41) is 7.11. The SMILES string of the molecule is O=C(C[C@H]1CC[C@@H](CNC(=O)C2(c3ccc(Cl)cc3)CC2)N1CC1CC1)NC1CC1. The zero-order valence-electron chi connectivity index (χ0n) is 17.5. The van der Waals surface area contributed by atoms with Gasteiger partial charge in [0.2, 0.25) is 11.8 Å². The van der Waals surface area contributed by atoms with Crippen molar-refractivity contribution < 1.29 is 9.59 Å². The molecule has 4 fully saturated rings. The van der Waals surface area contributed by atoms with Crippen LogP contribution in [-0.4, -0.2) is 47.9 Å². The van der Waals surface area contributed by atoms with E-state index in [-0.39, 0.29) is 17.2 Å². The predicted octanol–water partition coefficient (Wildman–Crippen LogP) is 3.40. The first-order valence-electron chi connectivity index (χ1n) is 11.6. The Hall–Kier alpha value is -1.59. The Morgan fingerprint density at radius 3 is 2.33 bits per heavy atom. The van der Waals surface area contributed by atoms with Crippen LogP contribution in [0.4, 0.5) is 0 Å². The first-order valence-corrected chi connectivity index (χ1v) is 12.0. The molecule has 0 spiro atoms. The fourth-order valence-electron chi connectivity index (χ4n) is 5.00. The molecule has 0 unspecified atom stereocenters. The molecule has 1 saturated heterocycles. The summed E-state index contributed by atoms with van der Waals surface area (Å²) in [7, 11) is 0. The molecule has 2 atom stereocenters. The van der Waals surface area contributed by atoms with E-state index in [0.29, 0.717) is 36.1 Å². The summed E-state index contributed by atoms with van der Waals surface area (Å²) in [4.78, 5) is 28.0. The van der Waals surface area contributed by atoms with Crippen molar-refractivity contribution in [2.75, 3.05) is 13.1 Å². The topological polar surface area (TPSA) is 61.4 Å². The van der Waals surface area contributed by atoms with E-state index in [1.807, 2.05) is 24.3 Å². The Morgan fingerprint density at radius 1 is 1.00 bits per heavy atom. The Balaban J connectivity index is 1.18. The van der Waals surface area contributed by atoms with Crippen LogP contribution in [0.25, 0.3) is 0 Å². The van der Waals surface area contributed by atoms with Gasteiger partial charge in [0.05, 0.1) is 5.41 Å². The molecule has 162 valence electrons. The lowest BCUT2D eigenvalue weighted by atomic mass is 9.95. The van der Waals surface area contributed by atoms with E-state index in [1.54, 1.807) is 0 Å². The van der Waals surface area contributed by atoms with E-state index in [0.717, 1.165) is 56.6 Å². The first-order chi connectivity index (χ1) is 14.5. The first kappa shape index (κ1) is 20.3. The van der Waals surface area contributed by atoms with Gasteiger partial charge in [0.1, 0.15) is 0 Å². The van der Waals surface area contributed by atoms with Gasteiger partial charge in [-0.15, -0.1) is 0 Å². The second kappa shape index (κ2) is 8.16. The summed E-state index contributed by atoms with van der Waals surface area (Å²) in [6, 6.07) is 8.79. The van der Waals surface area contributed by atoms with E-state index >= 15 is 0 Å². The van der Waals surface area contributed by atoms with Crippen LogP contribution >= 0.6 is 11.6 Å². The van der Waals surface area contributed by atoms with Crippen molar-refractivity contribution in [3.8, 4) is 0 Å². The van der Waals surface area contributed by atoms with E-state index in [1.165, 1.54) is 12.8 Å². The Morgan fingerprint density at radius 2 is 1.70 bits per heavy atom. The highest BCUT2D eigenvalue weighted by atomic mass is 35.5. The molecule has 1 heterocycles. The number of rotatable bonds is 9. The standard InChI is InChI=1S/C24H32ClN3O2/c25-18-5-3-17(4-6-18)24(11-12-24)23(30)26-14-21-10-9-20(28(21)15-16-1-2-16)13-22(29)27-19-7-8-19/h3-6,16,19-21H,1-2,7-15H2,(H,26,30)(H,27,29)/t20-,21+/m1/s1. The van der Waals surface area contributed by atoms with Gasteiger partial charge < -0.3 is 10.6 Å². The Bertz CT molecular complexity index is 799. The number of carbonyl (C=O) groups excluding carboxylic acids is 2. The van der Waals surface area contributed by atoms with Gasteiger partial charge in [0.15, 0.2) is 0 Å². The lowest BCUT2D eigenvalue weighted by Crippen LogP contribution is -2.47. The number of nitrogens with zero attached hydrogens (tertiary/aromatic N) is 1. The number of amides is 2. The zero-order chi connectivity index (χ0) is 20.7. The molecular formula is C24H32ClN3O2. The minimum absolute atomic E-state index is 0.145. The minimum atomic E-state index is -0.367. The van der Waals surface area contributed by atoms with Crippen LogP contribution in [0.2, 0.25) is 5.02 Å². The van der Waals surface area contributed by atoms with Gasteiger partial charge in [-0.3, -0.25) is 14.5 Å². The third-order valence-electron chi connectivity index (χ3n) is 7.38. The number of halogens is 1. The zero-order valence-corrected chi connectivity index (χ0v) is 18.3. The van der Waals surface area contributed by atoms with Crippen molar-refractivity contribution in [1.29, 1.82) is 0 Å². The molecule has 6 heteroatoms. The molecule has 1 aromatic rings. The number of hydrogen-bond donors (Lipinski definition) is 2. The van der Waals surface area contributed by atoms with Gasteiger partial charge in [0, 0.05) is 42.7 Å². The highest BCUT2D eigenvalue weighted by Gasteiger charge is 2.51. The van der Waals surface area contributed by atoms with Crippen molar-refractivity contribution in [3.05, 3.63) is 34.9 Å². The van der Waals surface area contributed by atoms with Gasteiger partial charge in [-0.25, -0.2) is 0 Å². The quantitative estimate of drug-likeness (QED) is 0.632. The summed E-state index contributed by atoms with van der Waals surface area (Å²) in [6.07, 6.45) is 9.38. The summed E-state index contributed by atoms with van der Waals surface area (Å²) in [5.41, 5.74) is 0.703. The van der Waals surface area contributed by atoms with Crippen LogP contribution in [-0.2, 0) is 15.0 Å². The number of benzene rings is 1. The molecule has 2 amide bonds. The minimum Gasteiger partial charge on any atom is -0.354 e. The van der Waals surface area contributed by atoms with Crippen molar-refractivity contribution in [2.24, 2.45) is 5.92 Å². The van der Waals surface area contributed by atoms with Crippen molar-refractivity contribution >= 4 is 23.4 Å². The molecule has 0 radical (unpaired) electrons. The largest absolute Gasteiger partial charge is 0.354 e. The maximum Gasteiger partial charge on any atom is 0.230 e. The second-order valence-electron chi connectivity index (χ2n) is 9.87. The highest BCUT2D eigenvalue weighted by molar-refractivity contribution is 6.30. The summed E-state index contributed by atoms with van der Waals surface area (Å²) in [5.74, 6) is 1.12. The molecule has 3 saturated carbocycles. The predicted molar refractivity (Wildman–Crippen MR) is 117 cm³/mol. The van der Waals surface area contributed by atoms with Crippen LogP contribution in [0.15, 0.2) is 24.3 Å². The molecule has 5 rings (SSSR count). The maximum absolute atomic E-state index is 13.1. The fourth-order valence-corrected chi connectivity index (χ4v) is 5.12. The Labute approximate surface area is 183 Å². The van der Waals surface area contributed by atoms with Gasteiger partial charge in [0.25, 0.3) is 0 Å². The summed E-state index contributed by atoms with van der Waals surface area (Å²) in [6.45, 7) is 1.76. The molecular weight excluding hydrogens is 398 g/mol. The third kappa shape index (κ3) is 4.52. The fraction of sp³-hybridized carbons (Fsp3) is 0.667. The smallest absolute Gasteiger partial charge is 0.230 e. The van der Waals surface area contributed by atoms with Gasteiger partial charge in [-0.05, 0) is 75.0 Å². The molecule has 4 aliphatic rings. The van der Waals surface area contributed by atoms with E-state index in [2.05, 4.69) is 15.5 Å². The number of likely N-dealkylation sites (tertiary alicyclic amines) is 1. The van der Waals surface area contributed by atoms with E-state index in [4.69, 9.17) is 11.6 Å². The van der Waals surface area contributed by atoms with Gasteiger partial charge in [-0.2, -0.15) is 0 Å². The molecule has 1 aromatic carbocycles. The molecule has 2 N–H and O–H groups in total.